The number of rotatable bonds is 1. The summed E-state index contributed by atoms with van der Waals surface area (Å²) in [6.45, 7) is -1.28. The Morgan fingerprint density at radius 3 is 2.38 bits per heavy atom. The zero-order valence-electron chi connectivity index (χ0n) is 6.38. The highest BCUT2D eigenvalue weighted by Gasteiger charge is 1.88. The molecule has 0 bridgehead atoms. The minimum Gasteiger partial charge on any atom is -0.479 e. The van der Waals surface area contributed by atoms with Gasteiger partial charge in [-0.25, -0.2) is 14.2 Å². The Morgan fingerprint density at radius 1 is 1.62 bits per heavy atom. The van der Waals surface area contributed by atoms with Crippen LogP contribution in [0.2, 0.25) is 5.15 Å². The Bertz CT molecular complexity index is 266. The van der Waals surface area contributed by atoms with Gasteiger partial charge in [-0.3, -0.25) is 0 Å². The lowest BCUT2D eigenvalue weighted by Crippen LogP contribution is -1.93. The van der Waals surface area contributed by atoms with Gasteiger partial charge in [0.2, 0.25) is 5.95 Å². The summed E-state index contributed by atoms with van der Waals surface area (Å²) in [7, 11) is 0. The minimum atomic E-state index is -1.41. The lowest BCUT2D eigenvalue weighted by Gasteiger charge is -1.84. The number of aliphatic carboxylic acids is 1. The highest BCUT2D eigenvalue weighted by Crippen LogP contribution is 2.02. The molecule has 1 N–H and O–H groups in total. The molecule has 0 aliphatic carbocycles. The first-order chi connectivity index (χ1) is 6.06. The number of nitrogens with zero attached hydrogens (tertiary/aromatic N) is 1. The molecule has 0 unspecified atom stereocenters. The zero-order chi connectivity index (χ0) is 10.3. The first-order valence-corrected chi connectivity index (χ1v) is 3.50. The van der Waals surface area contributed by atoms with Crippen LogP contribution >= 0.6 is 11.6 Å². The van der Waals surface area contributed by atoms with E-state index in [0.717, 1.165) is 0 Å². The quantitative estimate of drug-likeness (QED) is 0.719. The molecular formula is C7H6ClF2NO2. The van der Waals surface area contributed by atoms with Crippen molar-refractivity contribution in [2.24, 2.45) is 0 Å². The largest absolute Gasteiger partial charge is 0.479 e. The monoisotopic (exact) mass is 209 g/mol. The fraction of sp³-hybridized carbons (Fsp3) is 0.143. The molecule has 0 atom stereocenters. The molecule has 13 heavy (non-hydrogen) atoms. The van der Waals surface area contributed by atoms with Crippen LogP contribution in [-0.4, -0.2) is 22.7 Å². The van der Waals surface area contributed by atoms with Crippen molar-refractivity contribution in [3.8, 4) is 0 Å². The molecule has 0 spiro atoms. The molecule has 0 aliphatic rings. The van der Waals surface area contributed by atoms with Crippen molar-refractivity contribution in [3.63, 3.8) is 0 Å². The van der Waals surface area contributed by atoms with Gasteiger partial charge in [-0.1, -0.05) is 17.7 Å². The minimum absolute atomic E-state index is 0.185. The molecule has 3 nitrogen and oxygen atoms in total. The third-order valence-electron chi connectivity index (χ3n) is 0.795. The molecule has 0 aliphatic heterocycles. The van der Waals surface area contributed by atoms with Gasteiger partial charge in [0.1, 0.15) is 5.15 Å². The molecule has 0 amide bonds. The van der Waals surface area contributed by atoms with Crippen LogP contribution in [0.15, 0.2) is 18.2 Å². The molecule has 1 aromatic rings. The molecule has 1 heterocycles. The average molecular weight is 210 g/mol. The third-order valence-corrected chi connectivity index (χ3v) is 1.01. The van der Waals surface area contributed by atoms with Gasteiger partial charge >= 0.3 is 5.97 Å². The number of carboxylic acid groups (broad SMARTS) is 1. The second kappa shape index (κ2) is 6.30. The molecule has 0 radical (unpaired) electrons. The number of halogens is 3. The molecule has 0 saturated carbocycles. The van der Waals surface area contributed by atoms with E-state index in [2.05, 4.69) is 4.98 Å². The number of pyridine rings is 1. The highest BCUT2D eigenvalue weighted by molar-refractivity contribution is 6.29. The van der Waals surface area contributed by atoms with Crippen LogP contribution in [0.4, 0.5) is 8.78 Å². The maximum Gasteiger partial charge on any atom is 0.335 e. The fourth-order valence-corrected chi connectivity index (χ4v) is 0.537. The molecule has 6 heteroatoms. The van der Waals surface area contributed by atoms with E-state index in [1.54, 1.807) is 0 Å². The molecular weight excluding hydrogens is 204 g/mol. The number of alkyl halides is 1. The Balaban J connectivity index is 0.000000252. The predicted octanol–water partition coefficient (Wildman–Crippen LogP) is 1.91. The van der Waals surface area contributed by atoms with Gasteiger partial charge < -0.3 is 5.11 Å². The van der Waals surface area contributed by atoms with Crippen molar-refractivity contribution in [1.82, 2.24) is 4.98 Å². The van der Waals surface area contributed by atoms with Gasteiger partial charge in [-0.2, -0.15) is 4.39 Å². The summed E-state index contributed by atoms with van der Waals surface area (Å²) in [5.74, 6) is -1.96. The highest BCUT2D eigenvalue weighted by atomic mass is 35.5. The normalized spacial score (nSPS) is 8.54. The van der Waals surface area contributed by atoms with E-state index in [1.165, 1.54) is 18.2 Å². The molecule has 72 valence electrons. The summed E-state index contributed by atoms with van der Waals surface area (Å²) in [6.07, 6.45) is 0. The first-order valence-electron chi connectivity index (χ1n) is 3.12. The SMILES string of the molecule is Fc1cccc(Cl)n1.O=C(O)CF. The molecule has 1 aromatic heterocycles. The Kier molecular flexibility index (Phi) is 5.71. The van der Waals surface area contributed by atoms with Gasteiger partial charge in [0, 0.05) is 0 Å². The summed E-state index contributed by atoms with van der Waals surface area (Å²) in [4.78, 5) is 12.3. The number of carboxylic acids is 1. The van der Waals surface area contributed by atoms with E-state index in [9.17, 15) is 8.78 Å². The van der Waals surface area contributed by atoms with Crippen molar-refractivity contribution in [1.29, 1.82) is 0 Å². The summed E-state index contributed by atoms with van der Waals surface area (Å²) < 4.78 is 22.5. The van der Waals surface area contributed by atoms with Crippen molar-refractivity contribution in [2.75, 3.05) is 6.67 Å². The number of carbonyl (C=O) groups is 1. The van der Waals surface area contributed by atoms with Crippen molar-refractivity contribution in [2.45, 2.75) is 0 Å². The Hall–Kier alpha value is -1.23. The van der Waals surface area contributed by atoms with Crippen molar-refractivity contribution < 1.29 is 18.7 Å². The smallest absolute Gasteiger partial charge is 0.335 e. The van der Waals surface area contributed by atoms with Gasteiger partial charge in [0.15, 0.2) is 6.67 Å². The molecule has 1 rings (SSSR count). The summed E-state index contributed by atoms with van der Waals surface area (Å²) >= 11 is 5.29. The lowest BCUT2D eigenvalue weighted by atomic mass is 10.5. The number of aromatic nitrogens is 1. The predicted molar refractivity (Wildman–Crippen MR) is 42.8 cm³/mol. The Labute approximate surface area is 78.0 Å². The molecule has 0 aromatic carbocycles. The second-order valence-electron chi connectivity index (χ2n) is 1.81. The van der Waals surface area contributed by atoms with E-state index < -0.39 is 18.6 Å². The maximum atomic E-state index is 12.0. The topological polar surface area (TPSA) is 50.2 Å². The van der Waals surface area contributed by atoms with E-state index in [-0.39, 0.29) is 5.15 Å². The van der Waals surface area contributed by atoms with Crippen LogP contribution < -0.4 is 0 Å². The molecule has 0 saturated heterocycles. The summed E-state index contributed by atoms with van der Waals surface area (Å²) in [5.41, 5.74) is 0. The van der Waals surface area contributed by atoms with Crippen LogP contribution in [0.25, 0.3) is 0 Å². The standard InChI is InChI=1S/C5H3ClFN.C2H3FO2/c6-4-2-1-3-5(7)8-4;3-1-2(4)5/h1-3H;1H2,(H,4,5). The van der Waals surface area contributed by atoms with Crippen LogP contribution in [0.1, 0.15) is 0 Å². The van der Waals surface area contributed by atoms with Crippen molar-refractivity contribution >= 4 is 17.6 Å². The number of hydrogen-bond donors (Lipinski definition) is 1. The maximum absolute atomic E-state index is 12.0. The van der Waals surface area contributed by atoms with Crippen LogP contribution in [0, 0.1) is 5.95 Å². The zero-order valence-corrected chi connectivity index (χ0v) is 7.13. The first kappa shape index (κ1) is 11.8. The van der Waals surface area contributed by atoms with Crippen LogP contribution in [-0.2, 0) is 4.79 Å². The second-order valence-corrected chi connectivity index (χ2v) is 2.20. The van der Waals surface area contributed by atoms with Gasteiger partial charge in [0.05, 0.1) is 0 Å². The van der Waals surface area contributed by atoms with Crippen LogP contribution in [0.5, 0.6) is 0 Å². The Morgan fingerprint density at radius 2 is 2.15 bits per heavy atom. The third kappa shape index (κ3) is 7.14. The fourth-order valence-electron chi connectivity index (χ4n) is 0.383. The van der Waals surface area contributed by atoms with E-state index in [0.29, 0.717) is 0 Å². The van der Waals surface area contributed by atoms with Gasteiger partial charge in [-0.05, 0) is 12.1 Å². The van der Waals surface area contributed by atoms with E-state index >= 15 is 0 Å². The van der Waals surface area contributed by atoms with E-state index in [1.807, 2.05) is 0 Å². The lowest BCUT2D eigenvalue weighted by molar-refractivity contribution is -0.137. The van der Waals surface area contributed by atoms with E-state index in [4.69, 9.17) is 21.5 Å². The van der Waals surface area contributed by atoms with Crippen LogP contribution in [0.3, 0.4) is 0 Å². The van der Waals surface area contributed by atoms with Gasteiger partial charge in [0.25, 0.3) is 0 Å². The summed E-state index contributed by atoms with van der Waals surface area (Å²) in [5, 5.41) is 7.53. The summed E-state index contributed by atoms with van der Waals surface area (Å²) in [6, 6.07) is 4.27. The van der Waals surface area contributed by atoms with Crippen molar-refractivity contribution in [3.05, 3.63) is 29.3 Å². The molecule has 0 fully saturated rings. The average Bonchev–Trinajstić information content (AvgIpc) is 2.05. The number of hydrogen-bond acceptors (Lipinski definition) is 2. The van der Waals surface area contributed by atoms with Gasteiger partial charge in [-0.15, -0.1) is 0 Å².